The Bertz CT molecular complexity index is 1200. The largest absolute Gasteiger partial charge is 0.358 e. The van der Waals surface area contributed by atoms with Crippen LogP contribution in [-0.2, 0) is 27.8 Å². The van der Waals surface area contributed by atoms with Gasteiger partial charge in [0.05, 0.1) is 3.79 Å². The first-order chi connectivity index (χ1) is 13.9. The molecule has 1 N–H and O–H groups in total. The van der Waals surface area contributed by atoms with Gasteiger partial charge in [0.25, 0.3) is 10.0 Å². The zero-order valence-corrected chi connectivity index (χ0v) is 18.8. The van der Waals surface area contributed by atoms with Crippen molar-refractivity contribution in [1.82, 2.24) is 14.2 Å². The highest BCUT2D eigenvalue weighted by molar-refractivity contribution is 9.11. The summed E-state index contributed by atoms with van der Waals surface area (Å²) < 4.78 is 28.7. The van der Waals surface area contributed by atoms with Gasteiger partial charge in [0.15, 0.2) is 0 Å². The number of rotatable bonds is 3. The number of halogens is 1. The van der Waals surface area contributed by atoms with E-state index >= 15 is 0 Å². The number of fused-ring (bicyclic) bond motifs is 3. The Morgan fingerprint density at radius 1 is 1.17 bits per heavy atom. The number of hydrogen-bond acceptors (Lipinski definition) is 4. The van der Waals surface area contributed by atoms with Crippen molar-refractivity contribution < 1.29 is 13.2 Å². The van der Waals surface area contributed by atoms with Gasteiger partial charge < -0.3 is 9.88 Å². The maximum Gasteiger partial charge on any atom is 0.253 e. The minimum Gasteiger partial charge on any atom is -0.358 e. The van der Waals surface area contributed by atoms with Crippen molar-refractivity contribution >= 4 is 54.1 Å². The molecule has 9 heteroatoms. The highest BCUT2D eigenvalue weighted by Gasteiger charge is 2.42. The van der Waals surface area contributed by atoms with E-state index in [9.17, 15) is 13.2 Å². The number of amides is 1. The van der Waals surface area contributed by atoms with Crippen LogP contribution in [0.3, 0.4) is 0 Å². The number of nitrogens with one attached hydrogen (secondary N) is 1. The van der Waals surface area contributed by atoms with Crippen LogP contribution in [-0.4, -0.2) is 47.6 Å². The summed E-state index contributed by atoms with van der Waals surface area (Å²) in [6.45, 7) is 1.52. The van der Waals surface area contributed by atoms with Gasteiger partial charge in [0, 0.05) is 48.2 Å². The van der Waals surface area contributed by atoms with Gasteiger partial charge >= 0.3 is 0 Å². The van der Waals surface area contributed by atoms with Gasteiger partial charge in [-0.15, -0.1) is 11.3 Å². The third-order valence-corrected chi connectivity index (χ3v) is 9.79. The normalized spacial score (nSPS) is 20.3. The Kier molecular flexibility index (Phi) is 4.81. The van der Waals surface area contributed by atoms with Crippen LogP contribution in [0.2, 0.25) is 0 Å². The van der Waals surface area contributed by atoms with E-state index in [1.165, 1.54) is 21.3 Å². The number of nitrogens with zero attached hydrogens (tertiary/aromatic N) is 2. The number of H-pyrrole nitrogens is 1. The monoisotopic (exact) mass is 493 g/mol. The summed E-state index contributed by atoms with van der Waals surface area (Å²) in [7, 11) is -3.67. The molecule has 0 aliphatic carbocycles. The van der Waals surface area contributed by atoms with Crippen LogP contribution in [0.4, 0.5) is 0 Å². The number of thiophene rings is 1. The number of hydrogen-bond donors (Lipinski definition) is 1. The first kappa shape index (κ1) is 19.3. The highest BCUT2D eigenvalue weighted by Crippen LogP contribution is 2.34. The van der Waals surface area contributed by atoms with E-state index in [-0.39, 0.29) is 10.1 Å². The third kappa shape index (κ3) is 3.24. The lowest BCUT2D eigenvalue weighted by Crippen LogP contribution is -2.48. The van der Waals surface area contributed by atoms with Crippen LogP contribution in [0.5, 0.6) is 0 Å². The first-order valence-corrected chi connectivity index (χ1v) is 12.6. The van der Waals surface area contributed by atoms with Crippen molar-refractivity contribution in [2.75, 3.05) is 13.1 Å². The topological polar surface area (TPSA) is 73.5 Å². The quantitative estimate of drug-likeness (QED) is 0.603. The Balaban J connectivity index is 1.41. The molecule has 1 saturated heterocycles. The van der Waals surface area contributed by atoms with Gasteiger partial charge in [0.1, 0.15) is 10.3 Å². The van der Waals surface area contributed by atoms with E-state index in [1.807, 2.05) is 23.1 Å². The molecule has 6 nitrogen and oxygen atoms in total. The molecule has 0 radical (unpaired) electrons. The second kappa shape index (κ2) is 7.23. The fourth-order valence-electron chi connectivity index (χ4n) is 4.39. The summed E-state index contributed by atoms with van der Waals surface area (Å²) in [5.41, 5.74) is 3.41. The Labute approximate surface area is 181 Å². The zero-order chi connectivity index (χ0) is 20.2. The molecule has 2 aliphatic heterocycles. The predicted molar refractivity (Wildman–Crippen MR) is 116 cm³/mol. The van der Waals surface area contributed by atoms with E-state index < -0.39 is 16.1 Å². The lowest BCUT2D eigenvalue weighted by Gasteiger charge is -2.32. The minimum atomic E-state index is -3.67. The molecule has 1 atom stereocenters. The molecular weight excluding hydrogens is 474 g/mol. The Morgan fingerprint density at radius 3 is 2.79 bits per heavy atom. The fraction of sp³-hybridized carbons (Fsp3) is 0.350. The second-order valence-electron chi connectivity index (χ2n) is 7.47. The Hall–Kier alpha value is -1.68. The molecule has 2 aromatic heterocycles. The van der Waals surface area contributed by atoms with Gasteiger partial charge in [-0.2, -0.15) is 4.31 Å². The molecular formula is C20H20BrN3O3S2. The van der Waals surface area contributed by atoms with Crippen molar-refractivity contribution in [3.05, 3.63) is 51.4 Å². The summed E-state index contributed by atoms with van der Waals surface area (Å²) in [4.78, 5) is 18.6. The number of sulfonamides is 1. The maximum atomic E-state index is 13.4. The van der Waals surface area contributed by atoms with Crippen LogP contribution < -0.4 is 0 Å². The number of aromatic nitrogens is 1. The van der Waals surface area contributed by atoms with E-state index in [1.54, 1.807) is 12.1 Å². The van der Waals surface area contributed by atoms with Gasteiger partial charge in [-0.25, -0.2) is 8.42 Å². The molecule has 152 valence electrons. The standard InChI is InChI=1S/C20H20BrN3O3S2/c21-18-7-8-19(28-18)29(26,27)24-10-3-6-17(24)20(25)23-11-9-16-14(12-23)13-4-1-2-5-15(13)22-16/h1-2,4-5,7-8,17,22H,3,6,9-12H2. The predicted octanol–water partition coefficient (Wildman–Crippen LogP) is 3.73. The number of para-hydroxylation sites is 1. The molecule has 1 fully saturated rings. The minimum absolute atomic E-state index is 0.0855. The number of carbonyl (C=O) groups is 1. The van der Waals surface area contributed by atoms with Crippen LogP contribution in [0.15, 0.2) is 44.4 Å². The Morgan fingerprint density at radius 2 is 2.00 bits per heavy atom. The third-order valence-electron chi connectivity index (χ3n) is 5.79. The van der Waals surface area contributed by atoms with Crippen LogP contribution in [0.25, 0.3) is 10.9 Å². The fourth-order valence-corrected chi connectivity index (χ4v) is 8.18. The van der Waals surface area contributed by atoms with Crippen LogP contribution in [0.1, 0.15) is 24.1 Å². The summed E-state index contributed by atoms with van der Waals surface area (Å²) in [5, 5.41) is 1.14. The number of benzene rings is 1. The summed E-state index contributed by atoms with van der Waals surface area (Å²) in [6.07, 6.45) is 2.03. The summed E-state index contributed by atoms with van der Waals surface area (Å²) >= 11 is 4.51. The van der Waals surface area contributed by atoms with Gasteiger partial charge in [-0.05, 0) is 47.0 Å². The van der Waals surface area contributed by atoms with E-state index in [4.69, 9.17) is 0 Å². The molecule has 1 amide bonds. The average molecular weight is 494 g/mol. The number of aromatic amines is 1. The van der Waals surface area contributed by atoms with Crippen LogP contribution >= 0.6 is 27.3 Å². The molecule has 3 aromatic rings. The zero-order valence-electron chi connectivity index (χ0n) is 15.6. The summed E-state index contributed by atoms with van der Waals surface area (Å²) in [6, 6.07) is 10.8. The molecule has 0 bridgehead atoms. The molecule has 1 aromatic carbocycles. The van der Waals surface area contributed by atoms with E-state index in [0.717, 1.165) is 26.7 Å². The highest BCUT2D eigenvalue weighted by atomic mass is 79.9. The average Bonchev–Trinajstić information content (AvgIpc) is 3.45. The molecule has 29 heavy (non-hydrogen) atoms. The van der Waals surface area contributed by atoms with Gasteiger partial charge in [0.2, 0.25) is 5.91 Å². The number of carbonyl (C=O) groups excluding carboxylic acids is 1. The lowest BCUT2D eigenvalue weighted by atomic mass is 10.0. The van der Waals surface area contributed by atoms with Crippen LogP contribution in [0, 0.1) is 0 Å². The van der Waals surface area contributed by atoms with Gasteiger partial charge in [-0.1, -0.05) is 18.2 Å². The van der Waals surface area contributed by atoms with Crippen molar-refractivity contribution in [1.29, 1.82) is 0 Å². The molecule has 4 heterocycles. The van der Waals surface area contributed by atoms with Crippen molar-refractivity contribution in [3.8, 4) is 0 Å². The summed E-state index contributed by atoms with van der Waals surface area (Å²) in [5.74, 6) is -0.0855. The SMILES string of the molecule is O=C(C1CCCN1S(=O)(=O)c1ccc(Br)s1)N1CCc2[nH]c3ccccc3c2C1. The van der Waals surface area contributed by atoms with Gasteiger partial charge in [-0.3, -0.25) is 4.79 Å². The first-order valence-electron chi connectivity index (χ1n) is 9.59. The molecule has 0 saturated carbocycles. The molecule has 5 rings (SSSR count). The molecule has 2 aliphatic rings. The molecule has 1 unspecified atom stereocenters. The smallest absolute Gasteiger partial charge is 0.253 e. The van der Waals surface area contributed by atoms with Crippen molar-refractivity contribution in [3.63, 3.8) is 0 Å². The maximum absolute atomic E-state index is 13.4. The van der Waals surface area contributed by atoms with Crippen molar-refractivity contribution in [2.24, 2.45) is 0 Å². The molecule has 0 spiro atoms. The lowest BCUT2D eigenvalue weighted by molar-refractivity contribution is -0.135. The van der Waals surface area contributed by atoms with Crippen molar-refractivity contribution in [2.45, 2.75) is 36.1 Å². The van der Waals surface area contributed by atoms with E-state index in [2.05, 4.69) is 27.0 Å². The van der Waals surface area contributed by atoms with E-state index in [0.29, 0.717) is 32.5 Å². The second-order valence-corrected chi connectivity index (χ2v) is 12.1.